The Balaban J connectivity index is 2.53. The molecule has 0 aliphatic heterocycles. The lowest BCUT2D eigenvalue weighted by molar-refractivity contribution is 0.379. The fourth-order valence-electron chi connectivity index (χ4n) is 0.893. The second kappa shape index (κ2) is 6.04. The van der Waals surface area contributed by atoms with E-state index in [0.717, 1.165) is 6.42 Å². The minimum atomic E-state index is 0.0984. The standard InChI is InChI=1S/C9H11ClN4O/c1-3-4-5-6-11-8-12-7(10)13-9(14-8)15-2/h1H,4-6H2,2H3,(H,11,12,13,14). The Morgan fingerprint density at radius 3 is 2.93 bits per heavy atom. The maximum absolute atomic E-state index is 5.65. The van der Waals surface area contributed by atoms with E-state index in [4.69, 9.17) is 22.8 Å². The molecule has 0 spiro atoms. The molecule has 0 fully saturated rings. The zero-order chi connectivity index (χ0) is 11.1. The van der Waals surface area contributed by atoms with Crippen LogP contribution in [0.2, 0.25) is 5.28 Å². The van der Waals surface area contributed by atoms with E-state index in [-0.39, 0.29) is 11.3 Å². The Labute approximate surface area is 93.2 Å². The minimum absolute atomic E-state index is 0.0984. The van der Waals surface area contributed by atoms with E-state index in [0.29, 0.717) is 18.9 Å². The predicted octanol–water partition coefficient (Wildman–Crippen LogP) is 1.36. The molecular weight excluding hydrogens is 216 g/mol. The first-order valence-corrected chi connectivity index (χ1v) is 4.77. The topological polar surface area (TPSA) is 59.9 Å². The molecule has 0 saturated heterocycles. The van der Waals surface area contributed by atoms with Crippen LogP contribution in [0.4, 0.5) is 5.95 Å². The molecule has 5 nitrogen and oxygen atoms in total. The smallest absolute Gasteiger partial charge is 0.322 e. The van der Waals surface area contributed by atoms with Crippen LogP contribution in [0.3, 0.4) is 0 Å². The third kappa shape index (κ3) is 4.00. The third-order valence-corrected chi connectivity index (χ3v) is 1.72. The molecule has 0 saturated carbocycles. The van der Waals surface area contributed by atoms with Gasteiger partial charge in [0.05, 0.1) is 7.11 Å². The van der Waals surface area contributed by atoms with Crippen LogP contribution in [0.5, 0.6) is 6.01 Å². The fraction of sp³-hybridized carbons (Fsp3) is 0.444. The summed E-state index contributed by atoms with van der Waals surface area (Å²) in [6.07, 6.45) is 6.68. The van der Waals surface area contributed by atoms with E-state index in [1.807, 2.05) is 0 Å². The van der Waals surface area contributed by atoms with Gasteiger partial charge in [-0.15, -0.1) is 12.3 Å². The number of unbranched alkanes of at least 4 members (excludes halogenated alkanes) is 1. The van der Waals surface area contributed by atoms with Crippen molar-refractivity contribution in [2.45, 2.75) is 12.8 Å². The lowest BCUT2D eigenvalue weighted by Gasteiger charge is -2.04. The number of terminal acetylenes is 1. The molecule has 1 rings (SSSR count). The van der Waals surface area contributed by atoms with Gasteiger partial charge in [-0.1, -0.05) is 0 Å². The molecule has 1 N–H and O–H groups in total. The van der Waals surface area contributed by atoms with Gasteiger partial charge >= 0.3 is 6.01 Å². The number of anilines is 1. The number of hydrogen-bond acceptors (Lipinski definition) is 5. The average Bonchev–Trinajstić information content (AvgIpc) is 2.23. The van der Waals surface area contributed by atoms with Crippen molar-refractivity contribution in [2.75, 3.05) is 19.0 Å². The molecule has 1 aromatic heterocycles. The van der Waals surface area contributed by atoms with Crippen molar-refractivity contribution < 1.29 is 4.74 Å². The summed E-state index contributed by atoms with van der Waals surface area (Å²) < 4.78 is 4.84. The summed E-state index contributed by atoms with van der Waals surface area (Å²) in [6.45, 7) is 0.688. The zero-order valence-corrected chi connectivity index (χ0v) is 9.08. The van der Waals surface area contributed by atoms with Gasteiger partial charge in [0, 0.05) is 13.0 Å². The first-order valence-electron chi connectivity index (χ1n) is 4.39. The van der Waals surface area contributed by atoms with Crippen molar-refractivity contribution in [3.63, 3.8) is 0 Å². The molecule has 15 heavy (non-hydrogen) atoms. The second-order valence-corrected chi connectivity index (χ2v) is 2.99. The van der Waals surface area contributed by atoms with Gasteiger partial charge in [0.2, 0.25) is 11.2 Å². The molecule has 0 unspecified atom stereocenters. The van der Waals surface area contributed by atoms with Crippen LogP contribution in [0.1, 0.15) is 12.8 Å². The molecule has 80 valence electrons. The summed E-state index contributed by atoms with van der Waals surface area (Å²) in [7, 11) is 1.47. The van der Waals surface area contributed by atoms with Gasteiger partial charge in [-0.3, -0.25) is 0 Å². The molecule has 0 aliphatic carbocycles. The fourth-order valence-corrected chi connectivity index (χ4v) is 1.05. The van der Waals surface area contributed by atoms with Gasteiger partial charge in [0.15, 0.2) is 0 Å². The number of halogens is 1. The van der Waals surface area contributed by atoms with Gasteiger partial charge in [-0.25, -0.2) is 0 Å². The van der Waals surface area contributed by atoms with Gasteiger partial charge in [-0.05, 0) is 18.0 Å². The van der Waals surface area contributed by atoms with Crippen LogP contribution in [-0.4, -0.2) is 28.6 Å². The van der Waals surface area contributed by atoms with Crippen LogP contribution < -0.4 is 10.1 Å². The number of aromatic nitrogens is 3. The molecule has 6 heteroatoms. The number of nitrogens with zero attached hydrogens (tertiary/aromatic N) is 3. The van der Waals surface area contributed by atoms with E-state index < -0.39 is 0 Å². The molecule has 0 bridgehead atoms. The molecular formula is C9H11ClN4O. The van der Waals surface area contributed by atoms with Gasteiger partial charge < -0.3 is 10.1 Å². The van der Waals surface area contributed by atoms with E-state index in [2.05, 4.69) is 26.2 Å². The normalized spacial score (nSPS) is 9.40. The quantitative estimate of drug-likeness (QED) is 0.607. The predicted molar refractivity (Wildman–Crippen MR) is 57.9 cm³/mol. The molecule has 1 heterocycles. The Kier molecular flexibility index (Phi) is 4.64. The monoisotopic (exact) mass is 226 g/mol. The largest absolute Gasteiger partial charge is 0.467 e. The number of nitrogens with one attached hydrogen (secondary N) is 1. The van der Waals surface area contributed by atoms with E-state index in [1.54, 1.807) is 0 Å². The summed E-state index contributed by atoms with van der Waals surface area (Å²) in [5, 5.41) is 3.07. The second-order valence-electron chi connectivity index (χ2n) is 2.65. The van der Waals surface area contributed by atoms with E-state index in [9.17, 15) is 0 Å². The maximum atomic E-state index is 5.65. The van der Waals surface area contributed by atoms with Crippen LogP contribution in [-0.2, 0) is 0 Å². The molecule has 0 aromatic carbocycles. The Hall–Kier alpha value is -1.54. The lowest BCUT2D eigenvalue weighted by Crippen LogP contribution is -2.07. The first kappa shape index (κ1) is 11.5. The molecule has 1 aromatic rings. The van der Waals surface area contributed by atoms with Gasteiger partial charge in [-0.2, -0.15) is 15.0 Å². The van der Waals surface area contributed by atoms with Crippen molar-refractivity contribution in [2.24, 2.45) is 0 Å². The highest BCUT2D eigenvalue weighted by Crippen LogP contribution is 2.10. The van der Waals surface area contributed by atoms with Gasteiger partial charge in [0.25, 0.3) is 0 Å². The van der Waals surface area contributed by atoms with Crippen molar-refractivity contribution >= 4 is 17.5 Å². The van der Waals surface area contributed by atoms with E-state index >= 15 is 0 Å². The summed E-state index contributed by atoms with van der Waals surface area (Å²) >= 11 is 5.65. The summed E-state index contributed by atoms with van der Waals surface area (Å²) in [5.74, 6) is 2.94. The highest BCUT2D eigenvalue weighted by atomic mass is 35.5. The van der Waals surface area contributed by atoms with Crippen molar-refractivity contribution in [3.8, 4) is 18.4 Å². The SMILES string of the molecule is C#CCCCNc1nc(Cl)nc(OC)n1. The highest BCUT2D eigenvalue weighted by Gasteiger charge is 2.03. The van der Waals surface area contributed by atoms with Crippen LogP contribution in [0.15, 0.2) is 0 Å². The van der Waals surface area contributed by atoms with Crippen molar-refractivity contribution in [1.29, 1.82) is 0 Å². The lowest BCUT2D eigenvalue weighted by atomic mass is 10.3. The number of rotatable bonds is 5. The number of methoxy groups -OCH3 is 1. The summed E-state index contributed by atoms with van der Waals surface area (Å²) in [6, 6.07) is 0.189. The van der Waals surface area contributed by atoms with Crippen LogP contribution >= 0.6 is 11.6 Å². The van der Waals surface area contributed by atoms with Gasteiger partial charge in [0.1, 0.15) is 0 Å². The summed E-state index contributed by atoms with van der Waals surface area (Å²) in [5.41, 5.74) is 0. The molecule has 0 radical (unpaired) electrons. The molecule has 0 amide bonds. The number of ether oxygens (including phenoxy) is 1. The number of hydrogen-bond donors (Lipinski definition) is 1. The third-order valence-electron chi connectivity index (χ3n) is 1.55. The van der Waals surface area contributed by atoms with Crippen molar-refractivity contribution in [3.05, 3.63) is 5.28 Å². The molecule has 0 atom stereocenters. The zero-order valence-electron chi connectivity index (χ0n) is 8.33. The minimum Gasteiger partial charge on any atom is -0.467 e. The van der Waals surface area contributed by atoms with E-state index in [1.165, 1.54) is 7.11 Å². The van der Waals surface area contributed by atoms with Crippen molar-refractivity contribution in [1.82, 2.24) is 15.0 Å². The average molecular weight is 227 g/mol. The summed E-state index contributed by atoms with van der Waals surface area (Å²) in [4.78, 5) is 11.6. The first-order chi connectivity index (χ1) is 7.26. The Morgan fingerprint density at radius 2 is 2.27 bits per heavy atom. The Morgan fingerprint density at radius 1 is 1.47 bits per heavy atom. The maximum Gasteiger partial charge on any atom is 0.322 e. The highest BCUT2D eigenvalue weighted by molar-refractivity contribution is 6.28. The van der Waals surface area contributed by atoms with Crippen LogP contribution in [0, 0.1) is 12.3 Å². The molecule has 0 aliphatic rings. The Bertz CT molecular complexity index is 364. The van der Waals surface area contributed by atoms with Crippen LogP contribution in [0.25, 0.3) is 0 Å².